The summed E-state index contributed by atoms with van der Waals surface area (Å²) < 4.78 is 23.7. The Morgan fingerprint density at radius 2 is 1.66 bits per heavy atom. The minimum Gasteiger partial charge on any atom is -0.493 e. The fraction of sp³-hybridized carbons (Fsp3) is 0.364. The first-order chi connectivity index (χ1) is 13.9. The van der Waals surface area contributed by atoms with E-state index in [4.69, 9.17) is 9.47 Å². The van der Waals surface area contributed by atoms with Gasteiger partial charge in [0.25, 0.3) is 0 Å². The number of halogens is 1. The van der Waals surface area contributed by atoms with Crippen LogP contribution in [0.5, 0.6) is 11.5 Å². The van der Waals surface area contributed by atoms with Crippen LogP contribution in [0.15, 0.2) is 42.5 Å². The number of hydrogen-bond donors (Lipinski definition) is 1. The standard InChI is InChI=1S/C22H27FN2O4/c1-5-24-22(27)15(2)25(14-16-6-9-18(23)10-7-16)21(26)13-17-8-11-19(28-3)20(12-17)29-4/h6-12,15H,5,13-14H2,1-4H3,(H,24,27)/t15-/m1/s1. The van der Waals surface area contributed by atoms with Crippen LogP contribution in [-0.2, 0) is 22.6 Å². The molecule has 156 valence electrons. The molecule has 0 aromatic heterocycles. The fourth-order valence-electron chi connectivity index (χ4n) is 2.96. The molecule has 6 nitrogen and oxygen atoms in total. The summed E-state index contributed by atoms with van der Waals surface area (Å²) in [5.41, 5.74) is 1.48. The summed E-state index contributed by atoms with van der Waals surface area (Å²) in [5.74, 6) is 0.284. The second-order valence-electron chi connectivity index (χ2n) is 6.58. The Morgan fingerprint density at radius 1 is 1.03 bits per heavy atom. The van der Waals surface area contributed by atoms with Crippen molar-refractivity contribution in [3.63, 3.8) is 0 Å². The Kier molecular flexibility index (Phi) is 8.00. The molecule has 0 spiro atoms. The molecule has 1 atom stereocenters. The predicted octanol–water partition coefficient (Wildman–Crippen LogP) is 2.94. The van der Waals surface area contributed by atoms with Gasteiger partial charge in [-0.05, 0) is 49.2 Å². The van der Waals surface area contributed by atoms with Crippen LogP contribution in [0.2, 0.25) is 0 Å². The first-order valence-corrected chi connectivity index (χ1v) is 9.42. The molecule has 2 amide bonds. The fourth-order valence-corrected chi connectivity index (χ4v) is 2.96. The van der Waals surface area contributed by atoms with Crippen LogP contribution in [-0.4, -0.2) is 43.5 Å². The molecule has 0 aliphatic heterocycles. The number of methoxy groups -OCH3 is 2. The second-order valence-corrected chi connectivity index (χ2v) is 6.58. The summed E-state index contributed by atoms with van der Waals surface area (Å²) in [7, 11) is 3.07. The monoisotopic (exact) mass is 402 g/mol. The van der Waals surface area contributed by atoms with Gasteiger partial charge in [0.15, 0.2) is 11.5 Å². The molecule has 0 fully saturated rings. The van der Waals surface area contributed by atoms with Gasteiger partial charge in [-0.25, -0.2) is 4.39 Å². The van der Waals surface area contributed by atoms with Gasteiger partial charge in [-0.1, -0.05) is 18.2 Å². The first kappa shape index (κ1) is 22.2. The highest BCUT2D eigenvalue weighted by atomic mass is 19.1. The molecule has 2 rings (SSSR count). The molecule has 0 radical (unpaired) electrons. The molecule has 0 saturated heterocycles. The van der Waals surface area contributed by atoms with Gasteiger partial charge in [-0.2, -0.15) is 0 Å². The van der Waals surface area contributed by atoms with E-state index in [1.807, 2.05) is 6.92 Å². The van der Waals surface area contributed by atoms with Crippen molar-refractivity contribution in [2.75, 3.05) is 20.8 Å². The summed E-state index contributed by atoms with van der Waals surface area (Å²) in [6.07, 6.45) is 0.0886. The number of benzene rings is 2. The number of amides is 2. The molecular weight excluding hydrogens is 375 g/mol. The lowest BCUT2D eigenvalue weighted by Crippen LogP contribution is -2.48. The summed E-state index contributed by atoms with van der Waals surface area (Å²) in [5, 5.41) is 2.74. The molecule has 2 aromatic rings. The van der Waals surface area contributed by atoms with Gasteiger partial charge >= 0.3 is 0 Å². The van der Waals surface area contributed by atoms with Crippen molar-refractivity contribution in [3.8, 4) is 11.5 Å². The molecule has 2 aromatic carbocycles. The molecule has 29 heavy (non-hydrogen) atoms. The van der Waals surface area contributed by atoms with Gasteiger partial charge in [-0.15, -0.1) is 0 Å². The molecule has 0 saturated carbocycles. The van der Waals surface area contributed by atoms with E-state index in [1.54, 1.807) is 44.4 Å². The maximum absolute atomic E-state index is 13.2. The number of nitrogens with one attached hydrogen (secondary N) is 1. The van der Waals surface area contributed by atoms with E-state index in [1.165, 1.54) is 24.1 Å². The molecule has 1 N–H and O–H groups in total. The number of hydrogen-bond acceptors (Lipinski definition) is 4. The number of carbonyl (C=O) groups is 2. The Morgan fingerprint density at radius 3 is 2.24 bits per heavy atom. The van der Waals surface area contributed by atoms with E-state index < -0.39 is 6.04 Å². The van der Waals surface area contributed by atoms with Crippen molar-refractivity contribution in [2.24, 2.45) is 0 Å². The zero-order valence-electron chi connectivity index (χ0n) is 17.2. The maximum Gasteiger partial charge on any atom is 0.242 e. The molecule has 7 heteroatoms. The number of likely N-dealkylation sites (N-methyl/N-ethyl adjacent to an activating group) is 1. The Labute approximate surface area is 170 Å². The van der Waals surface area contributed by atoms with Gasteiger partial charge < -0.3 is 19.7 Å². The third-order valence-corrected chi connectivity index (χ3v) is 4.59. The third-order valence-electron chi connectivity index (χ3n) is 4.59. The number of ether oxygens (including phenoxy) is 2. The van der Waals surface area contributed by atoms with E-state index in [0.717, 1.165) is 11.1 Å². The zero-order valence-corrected chi connectivity index (χ0v) is 17.2. The van der Waals surface area contributed by atoms with Crippen molar-refractivity contribution < 1.29 is 23.5 Å². The minimum absolute atomic E-state index is 0.0886. The molecular formula is C22H27FN2O4. The minimum atomic E-state index is -0.673. The lowest BCUT2D eigenvalue weighted by molar-refractivity contribution is -0.140. The Balaban J connectivity index is 2.25. The van der Waals surface area contributed by atoms with Crippen molar-refractivity contribution in [3.05, 3.63) is 59.4 Å². The topological polar surface area (TPSA) is 67.9 Å². The average Bonchev–Trinajstić information content (AvgIpc) is 2.72. The quantitative estimate of drug-likeness (QED) is 0.700. The predicted molar refractivity (Wildman–Crippen MR) is 108 cm³/mol. The summed E-state index contributed by atoms with van der Waals surface area (Å²) >= 11 is 0. The molecule has 0 aliphatic rings. The molecule has 0 heterocycles. The SMILES string of the molecule is CCNC(=O)[C@@H](C)N(Cc1ccc(F)cc1)C(=O)Cc1ccc(OC)c(OC)c1. The summed E-state index contributed by atoms with van der Waals surface area (Å²) in [4.78, 5) is 27.0. The number of rotatable bonds is 9. The van der Waals surface area contributed by atoms with Crippen molar-refractivity contribution in [1.29, 1.82) is 0 Å². The van der Waals surface area contributed by atoms with Crippen molar-refractivity contribution in [1.82, 2.24) is 10.2 Å². The zero-order chi connectivity index (χ0) is 21.4. The number of nitrogens with zero attached hydrogens (tertiary/aromatic N) is 1. The van der Waals surface area contributed by atoms with Gasteiger partial charge in [0, 0.05) is 13.1 Å². The highest BCUT2D eigenvalue weighted by molar-refractivity contribution is 5.88. The second kappa shape index (κ2) is 10.5. The lowest BCUT2D eigenvalue weighted by Gasteiger charge is -2.29. The average molecular weight is 402 g/mol. The highest BCUT2D eigenvalue weighted by Crippen LogP contribution is 2.28. The Hall–Kier alpha value is -3.09. The van der Waals surface area contributed by atoms with E-state index in [-0.39, 0.29) is 30.6 Å². The lowest BCUT2D eigenvalue weighted by atomic mass is 10.1. The molecule has 0 aliphatic carbocycles. The van der Waals surface area contributed by atoms with E-state index in [0.29, 0.717) is 18.0 Å². The van der Waals surface area contributed by atoms with Crippen LogP contribution in [0.3, 0.4) is 0 Å². The smallest absolute Gasteiger partial charge is 0.242 e. The molecule has 0 unspecified atom stereocenters. The molecule has 0 bridgehead atoms. The van der Waals surface area contributed by atoms with Crippen molar-refractivity contribution in [2.45, 2.75) is 32.9 Å². The number of carbonyl (C=O) groups excluding carboxylic acids is 2. The van der Waals surface area contributed by atoms with E-state index >= 15 is 0 Å². The van der Waals surface area contributed by atoms with Crippen LogP contribution in [0.25, 0.3) is 0 Å². The third kappa shape index (κ3) is 5.94. The highest BCUT2D eigenvalue weighted by Gasteiger charge is 2.26. The van der Waals surface area contributed by atoms with Crippen LogP contribution in [0, 0.1) is 5.82 Å². The van der Waals surface area contributed by atoms with Gasteiger partial charge in [0.05, 0.1) is 20.6 Å². The Bertz CT molecular complexity index is 839. The van der Waals surface area contributed by atoms with Gasteiger partial charge in [0.1, 0.15) is 11.9 Å². The van der Waals surface area contributed by atoms with Gasteiger partial charge in [0.2, 0.25) is 11.8 Å². The maximum atomic E-state index is 13.2. The van der Waals surface area contributed by atoms with Crippen LogP contribution >= 0.6 is 0 Å². The van der Waals surface area contributed by atoms with Crippen LogP contribution in [0.1, 0.15) is 25.0 Å². The summed E-state index contributed by atoms with van der Waals surface area (Å²) in [6.45, 7) is 4.17. The first-order valence-electron chi connectivity index (χ1n) is 9.42. The van der Waals surface area contributed by atoms with Crippen molar-refractivity contribution >= 4 is 11.8 Å². The van der Waals surface area contributed by atoms with E-state index in [9.17, 15) is 14.0 Å². The normalized spacial score (nSPS) is 11.5. The largest absolute Gasteiger partial charge is 0.493 e. The van der Waals surface area contributed by atoms with E-state index in [2.05, 4.69) is 5.32 Å². The van der Waals surface area contributed by atoms with Crippen LogP contribution in [0.4, 0.5) is 4.39 Å². The summed E-state index contributed by atoms with van der Waals surface area (Å²) in [6, 6.07) is 10.5. The van der Waals surface area contributed by atoms with Gasteiger partial charge in [-0.3, -0.25) is 9.59 Å². The van der Waals surface area contributed by atoms with Crippen LogP contribution < -0.4 is 14.8 Å².